The molecule has 5 nitrogen and oxygen atoms in total. The van der Waals surface area contributed by atoms with Gasteiger partial charge < -0.3 is 20.1 Å². The molecule has 1 saturated heterocycles. The van der Waals surface area contributed by atoms with Gasteiger partial charge in [-0.25, -0.2) is 0 Å². The maximum atomic E-state index is 12.0. The van der Waals surface area contributed by atoms with Gasteiger partial charge >= 0.3 is 0 Å². The van der Waals surface area contributed by atoms with Gasteiger partial charge in [0.1, 0.15) is 11.5 Å². The molecule has 1 aromatic carbocycles. The molecule has 0 saturated carbocycles. The van der Waals surface area contributed by atoms with E-state index in [2.05, 4.69) is 0 Å². The fraction of sp³-hybridized carbons (Fsp3) is 0.400. The number of methoxy groups -OCH3 is 2. The Bertz CT molecular complexity index is 492. The molecular weight excluding hydrogens is 256 g/mol. The topological polar surface area (TPSA) is 64.8 Å². The molecule has 2 N–H and O–H groups in total. The van der Waals surface area contributed by atoms with Crippen LogP contribution in [0, 0.1) is 0 Å². The lowest BCUT2D eigenvalue weighted by Crippen LogP contribution is -2.30. The lowest BCUT2D eigenvalue weighted by Gasteiger charge is -2.12. The zero-order chi connectivity index (χ0) is 14.5. The van der Waals surface area contributed by atoms with Crippen molar-refractivity contribution in [3.63, 3.8) is 0 Å². The van der Waals surface area contributed by atoms with E-state index in [1.54, 1.807) is 37.3 Å². The molecule has 0 spiro atoms. The van der Waals surface area contributed by atoms with E-state index in [1.807, 2.05) is 12.1 Å². The summed E-state index contributed by atoms with van der Waals surface area (Å²) in [4.78, 5) is 13.8. The molecule has 5 heteroatoms. The smallest absolute Gasteiger partial charge is 0.246 e. The summed E-state index contributed by atoms with van der Waals surface area (Å²) in [6, 6.07) is 5.59. The molecule has 2 rings (SSSR count). The molecule has 0 aromatic heterocycles. The van der Waals surface area contributed by atoms with Gasteiger partial charge in [-0.1, -0.05) is 0 Å². The number of ether oxygens (including phenoxy) is 2. The van der Waals surface area contributed by atoms with Crippen LogP contribution >= 0.6 is 0 Å². The number of nitrogens with two attached hydrogens (primary N) is 1. The summed E-state index contributed by atoms with van der Waals surface area (Å²) in [6.45, 7) is 1.36. The number of benzene rings is 1. The summed E-state index contributed by atoms with van der Waals surface area (Å²) in [5, 5.41) is 0. The molecule has 1 fully saturated rings. The third-order valence-corrected chi connectivity index (χ3v) is 3.33. The van der Waals surface area contributed by atoms with Gasteiger partial charge in [-0.15, -0.1) is 0 Å². The number of nitrogens with zero attached hydrogens (tertiary/aromatic N) is 1. The van der Waals surface area contributed by atoms with Crippen LogP contribution in [0.1, 0.15) is 12.0 Å². The molecule has 0 radical (unpaired) electrons. The van der Waals surface area contributed by atoms with E-state index < -0.39 is 0 Å². The molecule has 1 heterocycles. The van der Waals surface area contributed by atoms with Crippen LogP contribution in [0.15, 0.2) is 24.3 Å². The normalized spacial score (nSPS) is 18.6. The minimum absolute atomic E-state index is 0.0141. The van der Waals surface area contributed by atoms with Crippen LogP contribution in [0.5, 0.6) is 11.5 Å². The molecule has 1 aliphatic heterocycles. The van der Waals surface area contributed by atoms with Crippen molar-refractivity contribution in [2.45, 2.75) is 12.5 Å². The first-order chi connectivity index (χ1) is 9.62. The number of amides is 1. The Hall–Kier alpha value is -2.01. The number of rotatable bonds is 4. The average Bonchev–Trinajstić information content (AvgIpc) is 2.91. The van der Waals surface area contributed by atoms with Gasteiger partial charge in [0, 0.05) is 31.3 Å². The summed E-state index contributed by atoms with van der Waals surface area (Å²) in [6.07, 6.45) is 4.19. The molecule has 108 valence electrons. The quantitative estimate of drug-likeness (QED) is 0.841. The number of carbonyl (C=O) groups excluding carboxylic acids is 1. The largest absolute Gasteiger partial charge is 0.497 e. The van der Waals surface area contributed by atoms with Crippen LogP contribution in [-0.2, 0) is 4.79 Å². The Balaban J connectivity index is 2.08. The summed E-state index contributed by atoms with van der Waals surface area (Å²) in [5.74, 6) is 1.37. The molecule has 1 aliphatic rings. The van der Waals surface area contributed by atoms with E-state index in [1.165, 1.54) is 0 Å². The highest BCUT2D eigenvalue weighted by Crippen LogP contribution is 2.23. The van der Waals surface area contributed by atoms with E-state index in [9.17, 15) is 4.79 Å². The standard InChI is InChI=1S/C15H20N2O3/c1-19-13-7-11(8-14(9-13)20-2)3-4-15(18)17-6-5-12(16)10-17/h3-4,7-9,12H,5-6,10,16H2,1-2H3/b4-3+/t12-/m0/s1. The lowest BCUT2D eigenvalue weighted by molar-refractivity contribution is -0.124. The zero-order valence-corrected chi connectivity index (χ0v) is 11.8. The van der Waals surface area contributed by atoms with Gasteiger partial charge in [-0.05, 0) is 30.2 Å². The molecule has 0 unspecified atom stereocenters. The fourth-order valence-corrected chi connectivity index (χ4v) is 2.19. The van der Waals surface area contributed by atoms with Crippen molar-refractivity contribution in [1.29, 1.82) is 0 Å². The molecule has 1 atom stereocenters. The van der Waals surface area contributed by atoms with Crippen molar-refractivity contribution in [2.24, 2.45) is 5.73 Å². The Morgan fingerprint density at radius 1 is 1.30 bits per heavy atom. The van der Waals surface area contributed by atoms with Gasteiger partial charge in [0.2, 0.25) is 5.91 Å². The Kier molecular flexibility index (Phi) is 4.63. The van der Waals surface area contributed by atoms with Crippen molar-refractivity contribution < 1.29 is 14.3 Å². The first kappa shape index (κ1) is 14.4. The minimum Gasteiger partial charge on any atom is -0.497 e. The van der Waals surface area contributed by atoms with Crippen LogP contribution in [0.2, 0.25) is 0 Å². The molecule has 0 bridgehead atoms. The van der Waals surface area contributed by atoms with Gasteiger partial charge in [0.25, 0.3) is 0 Å². The second kappa shape index (κ2) is 6.43. The number of hydrogen-bond acceptors (Lipinski definition) is 4. The van der Waals surface area contributed by atoms with E-state index in [-0.39, 0.29) is 11.9 Å². The van der Waals surface area contributed by atoms with Crippen molar-refractivity contribution in [2.75, 3.05) is 27.3 Å². The summed E-state index contributed by atoms with van der Waals surface area (Å²) in [5.41, 5.74) is 6.65. The van der Waals surface area contributed by atoms with E-state index in [0.29, 0.717) is 18.0 Å². The fourth-order valence-electron chi connectivity index (χ4n) is 2.19. The molecule has 1 aromatic rings. The number of likely N-dealkylation sites (tertiary alicyclic amines) is 1. The number of hydrogen-bond donors (Lipinski definition) is 1. The lowest BCUT2D eigenvalue weighted by atomic mass is 10.2. The average molecular weight is 276 g/mol. The predicted octanol–water partition coefficient (Wildman–Crippen LogP) is 1.28. The Morgan fingerprint density at radius 2 is 1.95 bits per heavy atom. The van der Waals surface area contributed by atoms with Crippen LogP contribution in [0.4, 0.5) is 0 Å². The third-order valence-electron chi connectivity index (χ3n) is 3.33. The summed E-state index contributed by atoms with van der Waals surface area (Å²) >= 11 is 0. The molecule has 1 amide bonds. The van der Waals surface area contributed by atoms with Crippen LogP contribution in [0.25, 0.3) is 6.08 Å². The van der Waals surface area contributed by atoms with Crippen molar-refractivity contribution in [3.8, 4) is 11.5 Å². The van der Waals surface area contributed by atoms with Gasteiger partial charge in [-0.3, -0.25) is 4.79 Å². The van der Waals surface area contributed by atoms with E-state index in [4.69, 9.17) is 15.2 Å². The zero-order valence-electron chi connectivity index (χ0n) is 11.8. The van der Waals surface area contributed by atoms with Crippen LogP contribution in [0.3, 0.4) is 0 Å². The van der Waals surface area contributed by atoms with Crippen molar-refractivity contribution in [3.05, 3.63) is 29.8 Å². The SMILES string of the molecule is COc1cc(/C=C/C(=O)N2CC[C@H](N)C2)cc(OC)c1. The van der Waals surface area contributed by atoms with Crippen LogP contribution < -0.4 is 15.2 Å². The first-order valence-electron chi connectivity index (χ1n) is 6.58. The maximum absolute atomic E-state index is 12.0. The van der Waals surface area contributed by atoms with Gasteiger partial charge in [0.15, 0.2) is 0 Å². The van der Waals surface area contributed by atoms with Crippen molar-refractivity contribution >= 4 is 12.0 Å². The second-order valence-electron chi connectivity index (χ2n) is 4.81. The first-order valence-corrected chi connectivity index (χ1v) is 6.58. The third kappa shape index (κ3) is 3.51. The molecule has 0 aliphatic carbocycles. The Labute approximate surface area is 119 Å². The maximum Gasteiger partial charge on any atom is 0.246 e. The molecule has 20 heavy (non-hydrogen) atoms. The van der Waals surface area contributed by atoms with Crippen LogP contribution in [-0.4, -0.2) is 44.2 Å². The highest BCUT2D eigenvalue weighted by atomic mass is 16.5. The molecular formula is C15H20N2O3. The van der Waals surface area contributed by atoms with E-state index >= 15 is 0 Å². The summed E-state index contributed by atoms with van der Waals surface area (Å²) < 4.78 is 10.4. The van der Waals surface area contributed by atoms with E-state index in [0.717, 1.165) is 18.5 Å². The monoisotopic (exact) mass is 276 g/mol. The van der Waals surface area contributed by atoms with Gasteiger partial charge in [0.05, 0.1) is 14.2 Å². The second-order valence-corrected chi connectivity index (χ2v) is 4.81. The summed E-state index contributed by atoms with van der Waals surface area (Å²) in [7, 11) is 3.19. The minimum atomic E-state index is -0.0141. The highest BCUT2D eigenvalue weighted by molar-refractivity contribution is 5.92. The predicted molar refractivity (Wildman–Crippen MR) is 77.8 cm³/mol. The highest BCUT2D eigenvalue weighted by Gasteiger charge is 2.21. The van der Waals surface area contributed by atoms with Gasteiger partial charge in [-0.2, -0.15) is 0 Å². The van der Waals surface area contributed by atoms with Crippen molar-refractivity contribution in [1.82, 2.24) is 4.90 Å². The number of carbonyl (C=O) groups is 1. The Morgan fingerprint density at radius 3 is 2.45 bits per heavy atom.